The highest BCUT2D eigenvalue weighted by Crippen LogP contribution is 2.55. The molecule has 4 aromatic rings. The fourth-order valence-corrected chi connectivity index (χ4v) is 6.25. The zero-order valence-electron chi connectivity index (χ0n) is 22.7. The number of hydrogen-bond donors (Lipinski definition) is 1. The molecule has 1 amide bonds. The second-order valence-corrected chi connectivity index (χ2v) is 10.9. The molecule has 41 heavy (non-hydrogen) atoms. The third kappa shape index (κ3) is 4.74. The summed E-state index contributed by atoms with van der Waals surface area (Å²) >= 11 is 0. The second kappa shape index (κ2) is 10.4. The minimum absolute atomic E-state index is 0.00177. The van der Waals surface area contributed by atoms with E-state index in [1.807, 2.05) is 30.3 Å². The monoisotopic (exact) mass is 555 g/mol. The van der Waals surface area contributed by atoms with E-state index < -0.39 is 18.5 Å². The molecule has 1 spiro atoms. The number of likely N-dealkylation sites (tertiary alicyclic amines) is 1. The molecule has 0 unspecified atom stereocenters. The van der Waals surface area contributed by atoms with Crippen LogP contribution in [0.5, 0.6) is 5.75 Å². The molecule has 1 saturated heterocycles. The molecule has 210 valence electrons. The number of aliphatic hydroxyl groups excluding tert-OH is 1. The van der Waals surface area contributed by atoms with Crippen molar-refractivity contribution in [2.45, 2.75) is 44.8 Å². The molecule has 2 fully saturated rings. The van der Waals surface area contributed by atoms with Gasteiger partial charge in [0, 0.05) is 36.1 Å². The van der Waals surface area contributed by atoms with Gasteiger partial charge in [0.1, 0.15) is 28.7 Å². The minimum Gasteiger partial charge on any atom is -0.479 e. The molecule has 1 aliphatic carbocycles. The first-order chi connectivity index (χ1) is 19.8. The summed E-state index contributed by atoms with van der Waals surface area (Å²) in [7, 11) is 0. The summed E-state index contributed by atoms with van der Waals surface area (Å²) in [6, 6.07) is 6.95. The highest BCUT2D eigenvalue weighted by molar-refractivity contribution is 5.87. The molecule has 5 heterocycles. The van der Waals surface area contributed by atoms with Gasteiger partial charge in [-0.2, -0.15) is 15.5 Å². The maximum absolute atomic E-state index is 13.4. The van der Waals surface area contributed by atoms with Crippen molar-refractivity contribution < 1.29 is 19.0 Å². The van der Waals surface area contributed by atoms with Gasteiger partial charge in [0.15, 0.2) is 6.10 Å². The van der Waals surface area contributed by atoms with Gasteiger partial charge in [-0.3, -0.25) is 14.5 Å². The second-order valence-electron chi connectivity index (χ2n) is 10.9. The van der Waals surface area contributed by atoms with Gasteiger partial charge in [-0.25, -0.2) is 8.91 Å². The lowest BCUT2D eigenvalue weighted by atomic mass is 9.60. The van der Waals surface area contributed by atoms with Crippen LogP contribution in [0.4, 0.5) is 4.39 Å². The Morgan fingerprint density at radius 3 is 2.73 bits per heavy atom. The fourth-order valence-electron chi connectivity index (χ4n) is 6.25. The van der Waals surface area contributed by atoms with Crippen LogP contribution in [-0.4, -0.2) is 60.0 Å². The Kier molecular flexibility index (Phi) is 6.79. The van der Waals surface area contributed by atoms with E-state index in [9.17, 15) is 19.6 Å². The number of hydrogen-bond acceptors (Lipinski definition) is 7. The number of nitriles is 1. The number of aliphatic hydroxyl groups is 1. The number of nitrogens with zero attached hydrogens (tertiary/aromatic N) is 7. The average molecular weight is 556 g/mol. The number of rotatable bonds is 7. The number of halogens is 1. The Balaban J connectivity index is 1.27. The third-order valence-electron chi connectivity index (χ3n) is 8.56. The Morgan fingerprint density at radius 1 is 1.29 bits per heavy atom. The molecule has 0 bridgehead atoms. The first-order valence-electron chi connectivity index (χ1n) is 13.6. The van der Waals surface area contributed by atoms with Gasteiger partial charge < -0.3 is 14.7 Å². The van der Waals surface area contributed by atoms with Crippen molar-refractivity contribution in [1.82, 2.24) is 29.3 Å². The van der Waals surface area contributed by atoms with Crippen molar-refractivity contribution >= 4 is 11.4 Å². The van der Waals surface area contributed by atoms with Crippen LogP contribution in [-0.2, 0) is 4.79 Å². The molecule has 1 saturated carbocycles. The van der Waals surface area contributed by atoms with Crippen molar-refractivity contribution in [3.05, 3.63) is 78.4 Å². The van der Waals surface area contributed by atoms with E-state index in [0.717, 1.165) is 61.8 Å². The SMILES string of the molecule is C=CC(=O)N1CCC2(CC1)CC(n1ncc(-c3cc(O[C@@H](CO)c4ccc(F)cn4)c4c(C#N)cnn4c3)c1C)C2. The van der Waals surface area contributed by atoms with Gasteiger partial charge in [0.2, 0.25) is 5.91 Å². The summed E-state index contributed by atoms with van der Waals surface area (Å²) in [5.74, 6) is -0.144. The molecule has 10 nitrogen and oxygen atoms in total. The number of aromatic nitrogens is 5. The molecular formula is C30H30FN7O3. The molecule has 4 aromatic heterocycles. The van der Waals surface area contributed by atoms with Crippen LogP contribution >= 0.6 is 0 Å². The lowest BCUT2D eigenvalue weighted by molar-refractivity contribution is -0.130. The molecule has 11 heteroatoms. The third-order valence-corrected chi connectivity index (χ3v) is 8.56. The average Bonchev–Trinajstić information content (AvgIpc) is 3.57. The van der Waals surface area contributed by atoms with Gasteiger partial charge in [0.05, 0.1) is 36.9 Å². The largest absolute Gasteiger partial charge is 0.479 e. The smallest absolute Gasteiger partial charge is 0.245 e. The number of pyridine rings is 2. The Labute approximate surface area is 236 Å². The molecule has 1 aliphatic heterocycles. The molecule has 2 aliphatic rings. The van der Waals surface area contributed by atoms with Gasteiger partial charge in [-0.05, 0) is 62.3 Å². The number of amides is 1. The minimum atomic E-state index is -0.876. The van der Waals surface area contributed by atoms with Crippen molar-refractivity contribution in [1.29, 1.82) is 5.26 Å². The van der Waals surface area contributed by atoms with Crippen LogP contribution in [0.25, 0.3) is 16.6 Å². The van der Waals surface area contributed by atoms with Crippen molar-refractivity contribution in [3.63, 3.8) is 0 Å². The van der Waals surface area contributed by atoms with Crippen LogP contribution < -0.4 is 4.74 Å². The van der Waals surface area contributed by atoms with Crippen LogP contribution in [0.1, 0.15) is 54.8 Å². The Morgan fingerprint density at radius 2 is 2.07 bits per heavy atom. The van der Waals surface area contributed by atoms with Gasteiger partial charge in [0.25, 0.3) is 0 Å². The number of piperidine rings is 1. The Bertz CT molecular complexity index is 1650. The van der Waals surface area contributed by atoms with E-state index in [2.05, 4.69) is 27.4 Å². The molecule has 0 radical (unpaired) electrons. The molecule has 6 rings (SSSR count). The normalized spacial score (nSPS) is 17.3. The van der Waals surface area contributed by atoms with Crippen LogP contribution in [0.3, 0.4) is 0 Å². The molecule has 1 N–H and O–H groups in total. The van der Waals surface area contributed by atoms with Crippen LogP contribution in [0.15, 0.2) is 55.6 Å². The number of carbonyl (C=O) groups excluding carboxylic acids is 1. The standard InChI is InChI=1S/C30H30FN7O3/c1-3-28(40)36-8-6-30(7-9-36)11-23(12-30)38-19(2)24(16-35-38)20-10-26(29-21(13-32)14-34-37(29)17-20)41-27(18-39)25-5-4-22(31)15-33-25/h3-5,10,14-17,23,27,39H,1,6-9,11-12,18H2,2H3/t27-/m0/s1. The van der Waals surface area contributed by atoms with E-state index >= 15 is 0 Å². The van der Waals surface area contributed by atoms with Crippen molar-refractivity contribution in [2.75, 3.05) is 19.7 Å². The summed E-state index contributed by atoms with van der Waals surface area (Å²) in [6.45, 7) is 6.77. The van der Waals surface area contributed by atoms with Crippen LogP contribution in [0, 0.1) is 29.5 Å². The first kappa shape index (κ1) is 26.7. The van der Waals surface area contributed by atoms with E-state index in [4.69, 9.17) is 9.84 Å². The Hall–Kier alpha value is -4.56. The zero-order valence-corrected chi connectivity index (χ0v) is 22.7. The van der Waals surface area contributed by atoms with Crippen molar-refractivity contribution in [2.24, 2.45) is 5.41 Å². The summed E-state index contributed by atoms with van der Waals surface area (Å²) < 4.78 is 23.3. The number of ether oxygens (including phenoxy) is 1. The predicted molar refractivity (Wildman–Crippen MR) is 147 cm³/mol. The molecule has 0 aromatic carbocycles. The van der Waals surface area contributed by atoms with Gasteiger partial charge >= 0.3 is 0 Å². The molecular weight excluding hydrogens is 525 g/mol. The number of fused-ring (bicyclic) bond motifs is 1. The lowest BCUT2D eigenvalue weighted by Gasteiger charge is -2.52. The van der Waals surface area contributed by atoms with Crippen molar-refractivity contribution in [3.8, 4) is 22.9 Å². The number of carbonyl (C=O) groups is 1. The summed E-state index contributed by atoms with van der Waals surface area (Å²) in [4.78, 5) is 17.9. The van der Waals surface area contributed by atoms with Gasteiger partial charge in [-0.15, -0.1) is 0 Å². The summed E-state index contributed by atoms with van der Waals surface area (Å²) in [5.41, 5.74) is 4.08. The first-order valence-corrected chi connectivity index (χ1v) is 13.6. The highest BCUT2D eigenvalue weighted by atomic mass is 19.1. The van der Waals surface area contributed by atoms with Gasteiger partial charge in [-0.1, -0.05) is 6.58 Å². The highest BCUT2D eigenvalue weighted by Gasteiger charge is 2.47. The van der Waals surface area contributed by atoms with E-state index in [1.54, 1.807) is 4.52 Å². The van der Waals surface area contributed by atoms with E-state index in [0.29, 0.717) is 22.5 Å². The summed E-state index contributed by atoms with van der Waals surface area (Å²) in [6.07, 6.45) is 10.7. The maximum atomic E-state index is 13.4. The maximum Gasteiger partial charge on any atom is 0.245 e. The van der Waals surface area contributed by atoms with E-state index in [-0.39, 0.29) is 17.4 Å². The topological polar surface area (TPSA) is 122 Å². The van der Waals surface area contributed by atoms with Crippen LogP contribution in [0.2, 0.25) is 0 Å². The quantitative estimate of drug-likeness (QED) is 0.340. The fraction of sp³-hybridized carbons (Fsp3) is 0.367. The zero-order chi connectivity index (χ0) is 28.7. The molecule has 1 atom stereocenters. The lowest BCUT2D eigenvalue weighted by Crippen LogP contribution is -2.49. The predicted octanol–water partition coefficient (Wildman–Crippen LogP) is 4.15. The summed E-state index contributed by atoms with van der Waals surface area (Å²) in [5, 5.41) is 28.8. The van der Waals surface area contributed by atoms with E-state index in [1.165, 1.54) is 24.4 Å².